The normalized spacial score (nSPS) is 13.3. The molecule has 0 spiro atoms. The molecule has 0 rings (SSSR count). The number of esters is 2. The van der Waals surface area contributed by atoms with Gasteiger partial charge in [-0.2, -0.15) is 8.42 Å². The first-order valence-corrected chi connectivity index (χ1v) is 8.74. The van der Waals surface area contributed by atoms with Gasteiger partial charge in [-0.15, -0.1) is 0 Å². The first kappa shape index (κ1) is 21.3. The average Bonchev–Trinajstić information content (AvgIpc) is 2.44. The topological polar surface area (TPSA) is 107 Å². The third-order valence-electron chi connectivity index (χ3n) is 2.86. The molecule has 7 nitrogen and oxygen atoms in total. The second kappa shape index (κ2) is 10.2. The third kappa shape index (κ3) is 9.14. The fourth-order valence-corrected chi connectivity index (χ4v) is 2.25. The van der Waals surface area contributed by atoms with Gasteiger partial charge in [0.2, 0.25) is 0 Å². The van der Waals surface area contributed by atoms with Gasteiger partial charge >= 0.3 is 11.9 Å². The van der Waals surface area contributed by atoms with E-state index in [2.05, 4.69) is 6.58 Å². The van der Waals surface area contributed by atoms with Crippen molar-refractivity contribution in [2.75, 3.05) is 13.2 Å². The Morgan fingerprint density at radius 3 is 2.22 bits per heavy atom. The molecule has 8 heteroatoms. The molecule has 0 aliphatic carbocycles. The van der Waals surface area contributed by atoms with E-state index in [1.54, 1.807) is 0 Å². The van der Waals surface area contributed by atoms with Gasteiger partial charge in [0.15, 0.2) is 0 Å². The summed E-state index contributed by atoms with van der Waals surface area (Å²) < 4.78 is 41.7. The van der Waals surface area contributed by atoms with E-state index >= 15 is 0 Å². The molecule has 0 aromatic rings. The fraction of sp³-hybridized carbons (Fsp3) is 0.600. The van der Waals surface area contributed by atoms with Crippen molar-refractivity contribution in [2.24, 2.45) is 0 Å². The van der Waals surface area contributed by atoms with E-state index in [1.807, 2.05) is 6.92 Å². The van der Waals surface area contributed by atoms with Crippen LogP contribution in [0.1, 0.15) is 40.0 Å². The van der Waals surface area contributed by atoms with Crippen LogP contribution in [0.25, 0.3) is 0 Å². The van der Waals surface area contributed by atoms with Gasteiger partial charge < -0.3 is 9.47 Å². The van der Waals surface area contributed by atoms with Crippen LogP contribution >= 0.6 is 0 Å². The fourth-order valence-electron chi connectivity index (χ4n) is 1.48. The molecule has 1 atom stereocenters. The Balaban J connectivity index is 4.79. The van der Waals surface area contributed by atoms with Crippen LogP contribution in [0.15, 0.2) is 23.8 Å². The smallest absolute Gasteiger partial charge is 0.333 e. The highest BCUT2D eigenvalue weighted by Gasteiger charge is 2.23. The van der Waals surface area contributed by atoms with Crippen molar-refractivity contribution in [3.63, 3.8) is 0 Å². The SMILES string of the molecule is C=C(C)C(=O)OCCC(/C=C(\C)C(=O)OCCCC)S(=O)(=O)O. The predicted octanol–water partition coefficient (Wildman–Crippen LogP) is 2.04. The van der Waals surface area contributed by atoms with Crippen LogP contribution < -0.4 is 0 Å². The standard InChI is InChI=1S/C15H24O7S/c1-5-6-8-21-15(17)12(4)10-13(23(18,19)20)7-9-22-14(16)11(2)3/h10,13H,2,5-9H2,1,3-4H3,(H,18,19,20)/b12-10+. The van der Waals surface area contributed by atoms with E-state index in [9.17, 15) is 22.6 Å². The van der Waals surface area contributed by atoms with Crippen LogP contribution in [0.5, 0.6) is 0 Å². The molecule has 0 aromatic carbocycles. The monoisotopic (exact) mass is 348 g/mol. The molecule has 1 unspecified atom stereocenters. The zero-order valence-electron chi connectivity index (χ0n) is 13.7. The molecule has 0 saturated heterocycles. The van der Waals surface area contributed by atoms with Crippen molar-refractivity contribution in [2.45, 2.75) is 45.3 Å². The van der Waals surface area contributed by atoms with Crippen molar-refractivity contribution in [3.05, 3.63) is 23.8 Å². The lowest BCUT2D eigenvalue weighted by Crippen LogP contribution is -2.22. The Bertz CT molecular complexity index is 560. The zero-order valence-corrected chi connectivity index (χ0v) is 14.5. The summed E-state index contributed by atoms with van der Waals surface area (Å²) in [5, 5.41) is -1.36. The second-order valence-corrected chi connectivity index (χ2v) is 6.73. The zero-order chi connectivity index (χ0) is 18.0. The van der Waals surface area contributed by atoms with E-state index < -0.39 is 27.3 Å². The van der Waals surface area contributed by atoms with Gasteiger partial charge in [0.25, 0.3) is 10.1 Å². The van der Waals surface area contributed by atoms with Crippen molar-refractivity contribution in [1.29, 1.82) is 0 Å². The van der Waals surface area contributed by atoms with Crippen LogP contribution in [-0.4, -0.2) is 43.4 Å². The van der Waals surface area contributed by atoms with Crippen molar-refractivity contribution in [1.82, 2.24) is 0 Å². The maximum Gasteiger partial charge on any atom is 0.333 e. The lowest BCUT2D eigenvalue weighted by Gasteiger charge is -2.12. The van der Waals surface area contributed by atoms with Gasteiger partial charge in [0, 0.05) is 17.6 Å². The quantitative estimate of drug-likeness (QED) is 0.278. The predicted molar refractivity (Wildman–Crippen MR) is 85.4 cm³/mol. The third-order valence-corrected chi connectivity index (χ3v) is 3.99. The van der Waals surface area contributed by atoms with Gasteiger partial charge in [-0.25, -0.2) is 9.59 Å². The average molecular weight is 348 g/mol. The summed E-state index contributed by atoms with van der Waals surface area (Å²) in [6.45, 7) is 8.20. The van der Waals surface area contributed by atoms with E-state index in [4.69, 9.17) is 9.47 Å². The lowest BCUT2D eigenvalue weighted by molar-refractivity contribution is -0.140. The summed E-state index contributed by atoms with van der Waals surface area (Å²) in [5.41, 5.74) is 0.245. The maximum absolute atomic E-state index is 11.7. The number of unbranched alkanes of at least 4 members (excludes halogenated alkanes) is 1. The van der Waals surface area contributed by atoms with Gasteiger partial charge in [0.1, 0.15) is 5.25 Å². The Morgan fingerprint density at radius 2 is 1.74 bits per heavy atom. The number of hydrogen-bond acceptors (Lipinski definition) is 6. The molecule has 0 fully saturated rings. The summed E-state index contributed by atoms with van der Waals surface area (Å²) in [6, 6.07) is 0. The van der Waals surface area contributed by atoms with Gasteiger partial charge in [-0.3, -0.25) is 4.55 Å². The minimum absolute atomic E-state index is 0.0648. The van der Waals surface area contributed by atoms with Crippen LogP contribution in [0.2, 0.25) is 0 Å². The Hall–Kier alpha value is -1.67. The minimum atomic E-state index is -4.43. The lowest BCUT2D eigenvalue weighted by atomic mass is 10.2. The molecule has 0 bridgehead atoms. The highest BCUT2D eigenvalue weighted by molar-refractivity contribution is 7.86. The highest BCUT2D eigenvalue weighted by Crippen LogP contribution is 2.11. The number of ether oxygens (including phenoxy) is 2. The largest absolute Gasteiger partial charge is 0.462 e. The number of rotatable bonds is 10. The molecule has 0 aromatic heterocycles. The van der Waals surface area contributed by atoms with Crippen LogP contribution in [-0.2, 0) is 29.2 Å². The second-order valence-electron chi connectivity index (χ2n) is 5.10. The molecule has 0 aliphatic rings. The highest BCUT2D eigenvalue weighted by atomic mass is 32.2. The minimum Gasteiger partial charge on any atom is -0.462 e. The molecular formula is C15H24O7S. The van der Waals surface area contributed by atoms with Crippen LogP contribution in [0, 0.1) is 0 Å². The van der Waals surface area contributed by atoms with Gasteiger partial charge in [-0.05, 0) is 20.3 Å². The van der Waals surface area contributed by atoms with Crippen LogP contribution in [0.3, 0.4) is 0 Å². The van der Waals surface area contributed by atoms with E-state index in [1.165, 1.54) is 13.8 Å². The number of carbonyl (C=O) groups is 2. The van der Waals surface area contributed by atoms with E-state index in [0.29, 0.717) is 6.42 Å². The summed E-state index contributed by atoms with van der Waals surface area (Å²) in [4.78, 5) is 22.9. The summed E-state index contributed by atoms with van der Waals surface area (Å²) >= 11 is 0. The molecule has 0 heterocycles. The maximum atomic E-state index is 11.7. The summed E-state index contributed by atoms with van der Waals surface area (Å²) in [6.07, 6.45) is 2.48. The van der Waals surface area contributed by atoms with Gasteiger partial charge in [-0.1, -0.05) is 26.0 Å². The first-order valence-electron chi connectivity index (χ1n) is 7.24. The molecule has 132 valence electrons. The molecular weight excluding hydrogens is 324 g/mol. The summed E-state index contributed by atoms with van der Waals surface area (Å²) in [5.74, 6) is -1.30. The van der Waals surface area contributed by atoms with Gasteiger partial charge in [0.05, 0.1) is 13.2 Å². The Morgan fingerprint density at radius 1 is 1.17 bits per heavy atom. The first-order chi connectivity index (χ1) is 10.6. The van der Waals surface area contributed by atoms with Crippen molar-refractivity contribution >= 4 is 22.1 Å². The van der Waals surface area contributed by atoms with Crippen LogP contribution in [0.4, 0.5) is 0 Å². The van der Waals surface area contributed by atoms with Crippen molar-refractivity contribution in [3.8, 4) is 0 Å². The molecule has 0 radical (unpaired) electrons. The van der Waals surface area contributed by atoms with E-state index in [-0.39, 0.29) is 30.8 Å². The Labute approximate surface area is 137 Å². The number of hydrogen-bond donors (Lipinski definition) is 1. The number of carbonyl (C=O) groups excluding carboxylic acids is 2. The molecule has 0 aliphatic heterocycles. The molecule has 0 amide bonds. The van der Waals surface area contributed by atoms with E-state index in [0.717, 1.165) is 12.5 Å². The van der Waals surface area contributed by atoms with Crippen molar-refractivity contribution < 1.29 is 32.0 Å². The molecule has 23 heavy (non-hydrogen) atoms. The molecule has 1 N–H and O–H groups in total. The Kier molecular flexibility index (Phi) is 9.43. The molecule has 0 saturated carbocycles. The summed E-state index contributed by atoms with van der Waals surface area (Å²) in [7, 11) is -4.43.